The summed E-state index contributed by atoms with van der Waals surface area (Å²) in [6.45, 7) is 2.99. The number of rotatable bonds is 5. The highest BCUT2D eigenvalue weighted by Crippen LogP contribution is 2.22. The minimum Gasteiger partial charge on any atom is -0.497 e. The third-order valence-corrected chi connectivity index (χ3v) is 5.85. The second kappa shape index (κ2) is 9.58. The molecule has 0 radical (unpaired) electrons. The van der Waals surface area contributed by atoms with Gasteiger partial charge in [0, 0.05) is 49.8 Å². The summed E-state index contributed by atoms with van der Waals surface area (Å²) in [5.74, 6) is 1.65. The van der Waals surface area contributed by atoms with E-state index in [0.717, 1.165) is 54.0 Å². The molecule has 7 nitrogen and oxygen atoms in total. The van der Waals surface area contributed by atoms with E-state index in [4.69, 9.17) is 9.72 Å². The number of para-hydroxylation sites is 1. The Hall–Kier alpha value is -3.13. The number of aromatic nitrogens is 2. The van der Waals surface area contributed by atoms with E-state index < -0.39 is 0 Å². The molecule has 2 amide bonds. The fourth-order valence-corrected chi connectivity index (χ4v) is 4.18. The minimum atomic E-state index is -0.0565. The number of urea groups is 1. The molecular weight excluding hydrogens is 398 g/mol. The summed E-state index contributed by atoms with van der Waals surface area (Å²) in [4.78, 5) is 21.4. The lowest BCUT2D eigenvalue weighted by atomic mass is 10.1. The van der Waals surface area contributed by atoms with Gasteiger partial charge in [-0.1, -0.05) is 30.3 Å². The Morgan fingerprint density at radius 1 is 1.10 bits per heavy atom. The maximum Gasteiger partial charge on any atom is 0.321 e. The van der Waals surface area contributed by atoms with Crippen LogP contribution < -0.4 is 15.0 Å². The topological polar surface area (TPSA) is 70.6 Å². The molecule has 8 heteroatoms. The summed E-state index contributed by atoms with van der Waals surface area (Å²) in [7, 11) is 1.67. The van der Waals surface area contributed by atoms with Gasteiger partial charge >= 0.3 is 6.03 Å². The summed E-state index contributed by atoms with van der Waals surface area (Å²) in [6, 6.07) is 17.5. The average Bonchev–Trinajstić information content (AvgIpc) is 3.09. The van der Waals surface area contributed by atoms with E-state index in [0.29, 0.717) is 13.0 Å². The number of benzene rings is 2. The minimum absolute atomic E-state index is 0.0565. The quantitative estimate of drug-likeness (QED) is 0.674. The highest BCUT2D eigenvalue weighted by atomic mass is 32.1. The highest BCUT2D eigenvalue weighted by molar-refractivity contribution is 7.09. The van der Waals surface area contributed by atoms with Gasteiger partial charge in [-0.05, 0) is 36.2 Å². The number of methoxy groups -OCH3 is 1. The molecule has 1 saturated heterocycles. The van der Waals surface area contributed by atoms with Gasteiger partial charge in [-0.2, -0.15) is 4.37 Å². The number of amides is 2. The van der Waals surface area contributed by atoms with E-state index in [1.807, 2.05) is 53.4 Å². The molecule has 1 aliphatic rings. The summed E-state index contributed by atoms with van der Waals surface area (Å²) >= 11 is 1.42. The van der Waals surface area contributed by atoms with Crippen molar-refractivity contribution in [1.29, 1.82) is 0 Å². The highest BCUT2D eigenvalue weighted by Gasteiger charge is 2.21. The van der Waals surface area contributed by atoms with Gasteiger partial charge in [0.2, 0.25) is 5.13 Å². The number of carbonyl (C=O) groups is 1. The van der Waals surface area contributed by atoms with Gasteiger partial charge in [-0.3, -0.25) is 0 Å². The molecule has 3 aromatic rings. The fourth-order valence-electron chi connectivity index (χ4n) is 3.45. The third kappa shape index (κ3) is 5.07. The van der Waals surface area contributed by atoms with Crippen molar-refractivity contribution >= 4 is 28.4 Å². The monoisotopic (exact) mass is 423 g/mol. The first-order valence-electron chi connectivity index (χ1n) is 10.0. The molecule has 2 aromatic carbocycles. The Labute approximate surface area is 180 Å². The van der Waals surface area contributed by atoms with Crippen molar-refractivity contribution in [3.8, 4) is 5.75 Å². The number of anilines is 2. The number of carbonyl (C=O) groups excluding carboxylic acids is 1. The molecule has 1 aromatic heterocycles. The van der Waals surface area contributed by atoms with Gasteiger partial charge in [0.1, 0.15) is 11.6 Å². The average molecular weight is 424 g/mol. The van der Waals surface area contributed by atoms with Crippen LogP contribution in [0.5, 0.6) is 5.75 Å². The summed E-state index contributed by atoms with van der Waals surface area (Å²) in [5, 5.41) is 3.88. The molecule has 2 heterocycles. The van der Waals surface area contributed by atoms with Crippen LogP contribution in [0.4, 0.5) is 15.6 Å². The predicted molar refractivity (Wildman–Crippen MR) is 120 cm³/mol. The van der Waals surface area contributed by atoms with Gasteiger partial charge in [-0.15, -0.1) is 0 Å². The molecular formula is C22H25N5O2S. The van der Waals surface area contributed by atoms with Crippen LogP contribution in [0.1, 0.15) is 17.8 Å². The zero-order valence-corrected chi connectivity index (χ0v) is 17.8. The normalized spacial score (nSPS) is 14.3. The standard InChI is InChI=1S/C22H25N5O2S/c1-29-19-10-5-7-17(15-19)16-20-24-22(30-25-20)27-12-6-11-26(13-14-27)21(28)23-18-8-3-2-4-9-18/h2-5,7-10,15H,6,11-14,16H2,1H3,(H,23,28). The van der Waals surface area contributed by atoms with E-state index in [2.05, 4.69) is 20.7 Å². The van der Waals surface area contributed by atoms with Crippen LogP contribution in [-0.4, -0.2) is 53.6 Å². The zero-order valence-electron chi connectivity index (χ0n) is 17.0. The first-order valence-corrected chi connectivity index (χ1v) is 10.8. The maximum atomic E-state index is 12.6. The predicted octanol–water partition coefficient (Wildman–Crippen LogP) is 3.88. The molecule has 0 unspecified atom stereocenters. The number of hydrogen-bond donors (Lipinski definition) is 1. The number of nitrogens with zero attached hydrogens (tertiary/aromatic N) is 4. The SMILES string of the molecule is COc1cccc(Cc2nsc(N3CCCN(C(=O)Nc4ccccc4)CC3)n2)c1. The second-order valence-electron chi connectivity index (χ2n) is 7.15. The fraction of sp³-hybridized carbons (Fsp3) is 0.318. The lowest BCUT2D eigenvalue weighted by Gasteiger charge is -2.21. The molecule has 0 aliphatic carbocycles. The largest absolute Gasteiger partial charge is 0.497 e. The van der Waals surface area contributed by atoms with E-state index in [9.17, 15) is 4.79 Å². The summed E-state index contributed by atoms with van der Waals surface area (Å²) in [5.41, 5.74) is 1.94. The Balaban J connectivity index is 1.35. The molecule has 0 spiro atoms. The van der Waals surface area contributed by atoms with Crippen molar-refractivity contribution in [1.82, 2.24) is 14.3 Å². The van der Waals surface area contributed by atoms with Crippen molar-refractivity contribution in [2.24, 2.45) is 0 Å². The molecule has 0 bridgehead atoms. The van der Waals surface area contributed by atoms with Crippen molar-refractivity contribution in [2.45, 2.75) is 12.8 Å². The van der Waals surface area contributed by atoms with Gasteiger partial charge in [0.15, 0.2) is 0 Å². The zero-order chi connectivity index (χ0) is 20.8. The van der Waals surface area contributed by atoms with Crippen molar-refractivity contribution in [3.05, 3.63) is 66.0 Å². The van der Waals surface area contributed by atoms with Crippen LogP contribution >= 0.6 is 11.5 Å². The number of ether oxygens (including phenoxy) is 1. The van der Waals surface area contributed by atoms with Crippen LogP contribution in [0.25, 0.3) is 0 Å². The molecule has 1 N–H and O–H groups in total. The molecule has 1 aliphatic heterocycles. The van der Waals surface area contributed by atoms with Crippen LogP contribution in [0.15, 0.2) is 54.6 Å². The molecule has 4 rings (SSSR count). The second-order valence-corrected chi connectivity index (χ2v) is 7.88. The van der Waals surface area contributed by atoms with E-state index >= 15 is 0 Å². The molecule has 1 fully saturated rings. The van der Waals surface area contributed by atoms with Crippen LogP contribution in [0, 0.1) is 0 Å². The third-order valence-electron chi connectivity index (χ3n) is 5.03. The van der Waals surface area contributed by atoms with Crippen LogP contribution in [0.3, 0.4) is 0 Å². The lowest BCUT2D eigenvalue weighted by molar-refractivity contribution is 0.215. The van der Waals surface area contributed by atoms with Gasteiger partial charge < -0.3 is 19.9 Å². The van der Waals surface area contributed by atoms with Gasteiger partial charge in [0.25, 0.3) is 0 Å². The first kappa shape index (κ1) is 20.2. The summed E-state index contributed by atoms with van der Waals surface area (Å²) < 4.78 is 9.83. The molecule has 0 atom stereocenters. The van der Waals surface area contributed by atoms with Crippen molar-refractivity contribution in [2.75, 3.05) is 43.5 Å². The smallest absolute Gasteiger partial charge is 0.321 e. The van der Waals surface area contributed by atoms with Gasteiger partial charge in [0.05, 0.1) is 7.11 Å². The van der Waals surface area contributed by atoms with Crippen molar-refractivity contribution in [3.63, 3.8) is 0 Å². The van der Waals surface area contributed by atoms with Crippen LogP contribution in [0.2, 0.25) is 0 Å². The summed E-state index contributed by atoms with van der Waals surface area (Å²) in [6.07, 6.45) is 1.57. The van der Waals surface area contributed by atoms with E-state index in [1.165, 1.54) is 11.5 Å². The van der Waals surface area contributed by atoms with Gasteiger partial charge in [-0.25, -0.2) is 9.78 Å². The van der Waals surface area contributed by atoms with E-state index in [-0.39, 0.29) is 6.03 Å². The molecule has 0 saturated carbocycles. The lowest BCUT2D eigenvalue weighted by Crippen LogP contribution is -2.38. The Kier molecular flexibility index (Phi) is 6.44. The Morgan fingerprint density at radius 2 is 1.97 bits per heavy atom. The maximum absolute atomic E-state index is 12.6. The van der Waals surface area contributed by atoms with E-state index in [1.54, 1.807) is 7.11 Å². The Bertz CT molecular complexity index is 978. The van der Waals surface area contributed by atoms with Crippen molar-refractivity contribution < 1.29 is 9.53 Å². The van der Waals surface area contributed by atoms with Crippen LogP contribution in [-0.2, 0) is 6.42 Å². The molecule has 30 heavy (non-hydrogen) atoms. The molecule has 156 valence electrons. The number of nitrogens with one attached hydrogen (secondary N) is 1. The first-order chi connectivity index (χ1) is 14.7. The Morgan fingerprint density at radius 3 is 2.80 bits per heavy atom. The number of hydrogen-bond acceptors (Lipinski definition) is 6.